The molecule has 0 N–H and O–H groups in total. The van der Waals surface area contributed by atoms with E-state index in [-0.39, 0.29) is 0 Å². The number of allylic oxidation sites excluding steroid dienone is 5. The second-order valence-corrected chi connectivity index (χ2v) is 10.3. The Morgan fingerprint density at radius 3 is 2.56 bits per heavy atom. The van der Waals surface area contributed by atoms with Crippen LogP contribution in [0.3, 0.4) is 0 Å². The molecule has 4 nitrogen and oxygen atoms in total. The summed E-state index contributed by atoms with van der Waals surface area (Å²) in [4.78, 5) is 7.20. The molecule has 1 atom stereocenters. The van der Waals surface area contributed by atoms with Crippen LogP contribution < -0.4 is 4.74 Å². The summed E-state index contributed by atoms with van der Waals surface area (Å²) >= 11 is 2.12. The van der Waals surface area contributed by atoms with Gasteiger partial charge in [0.1, 0.15) is 28.6 Å². The number of hydrogen-bond donors (Lipinski definition) is 0. The number of benzene rings is 2. The van der Waals surface area contributed by atoms with Crippen molar-refractivity contribution in [3.8, 4) is 5.88 Å². The fraction of sp³-hybridized carbons (Fsp3) is 0.323. The first kappa shape index (κ1) is 25.2. The zero-order valence-corrected chi connectivity index (χ0v) is 23.4. The smallest absolute Gasteiger partial charge is 0.221 e. The topological polar surface area (TPSA) is 34.6 Å². The first-order valence-electron chi connectivity index (χ1n) is 12.7. The lowest BCUT2D eigenvalue weighted by atomic mass is 9.77. The van der Waals surface area contributed by atoms with Crippen molar-refractivity contribution in [1.82, 2.24) is 9.88 Å². The molecule has 0 fully saturated rings. The zero-order valence-electron chi connectivity index (χ0n) is 21.3. The molecule has 2 aliphatic carbocycles. The van der Waals surface area contributed by atoms with Crippen molar-refractivity contribution in [3.05, 3.63) is 94.6 Å². The molecule has 2 aliphatic rings. The summed E-state index contributed by atoms with van der Waals surface area (Å²) in [5.74, 6) is 0.659. The van der Waals surface area contributed by atoms with Crippen LogP contribution in [0.5, 0.6) is 5.88 Å². The number of aryl methyl sites for hydroxylation is 1. The van der Waals surface area contributed by atoms with Gasteiger partial charge in [0.2, 0.25) is 5.88 Å². The highest BCUT2D eigenvalue weighted by atomic mass is 127. The summed E-state index contributed by atoms with van der Waals surface area (Å²) < 4.78 is 12.4. The van der Waals surface area contributed by atoms with E-state index in [0.717, 1.165) is 66.3 Å². The van der Waals surface area contributed by atoms with E-state index in [1.165, 1.54) is 16.7 Å². The molecule has 1 heterocycles. The maximum Gasteiger partial charge on any atom is 0.221 e. The average molecular weight is 593 g/mol. The van der Waals surface area contributed by atoms with Crippen LogP contribution in [-0.4, -0.2) is 37.6 Å². The normalized spacial score (nSPS) is 16.6. The maximum absolute atomic E-state index is 6.60. The van der Waals surface area contributed by atoms with Gasteiger partial charge in [0, 0.05) is 17.5 Å². The molecule has 5 rings (SSSR count). The minimum atomic E-state index is -0.637. The summed E-state index contributed by atoms with van der Waals surface area (Å²) in [6.45, 7) is 0.886. The quantitative estimate of drug-likeness (QED) is 0.254. The zero-order chi connectivity index (χ0) is 25.1. The molecule has 186 valence electrons. The van der Waals surface area contributed by atoms with Gasteiger partial charge in [0.05, 0.1) is 12.6 Å². The van der Waals surface area contributed by atoms with Gasteiger partial charge in [0.15, 0.2) is 0 Å². The van der Waals surface area contributed by atoms with Gasteiger partial charge in [-0.15, -0.1) is 0 Å². The molecular formula is C31H33IN2O2. The molecule has 2 aromatic carbocycles. The maximum atomic E-state index is 6.60. The average Bonchev–Trinajstić information content (AvgIpc) is 2.93. The minimum Gasteiger partial charge on any atom is -0.481 e. The van der Waals surface area contributed by atoms with Crippen molar-refractivity contribution < 1.29 is 7.80 Å². The third kappa shape index (κ3) is 4.64. The van der Waals surface area contributed by atoms with Crippen LogP contribution in [0.15, 0.2) is 66.8 Å². The summed E-state index contributed by atoms with van der Waals surface area (Å²) in [7, 11) is 5.94. The van der Waals surface area contributed by atoms with Gasteiger partial charge in [-0.05, 0) is 86.2 Å². The van der Waals surface area contributed by atoms with Crippen LogP contribution in [0.1, 0.15) is 53.5 Å². The number of methoxy groups -OCH3 is 1. The Bertz CT molecular complexity index is 1360. The van der Waals surface area contributed by atoms with Crippen molar-refractivity contribution >= 4 is 45.6 Å². The van der Waals surface area contributed by atoms with E-state index in [1.54, 1.807) is 7.11 Å². The fourth-order valence-electron chi connectivity index (χ4n) is 5.44. The van der Waals surface area contributed by atoms with Gasteiger partial charge < -0.3 is 9.64 Å². The van der Waals surface area contributed by atoms with Gasteiger partial charge in [0.25, 0.3) is 0 Å². The summed E-state index contributed by atoms with van der Waals surface area (Å²) in [6, 6.07) is 15.3. The first-order chi connectivity index (χ1) is 17.6. The molecule has 3 aromatic rings. The van der Waals surface area contributed by atoms with E-state index >= 15 is 0 Å². The second-order valence-electron chi connectivity index (χ2n) is 9.83. The SMILES string of the molecule is COc1nc2cccc(C(CCN(C)C)(OI)c3cccc4c3C=CCC4)c2cc1C1=CCCC=C1. The fourth-order valence-corrected chi connectivity index (χ4v) is 6.14. The molecule has 0 saturated heterocycles. The third-order valence-corrected chi connectivity index (χ3v) is 8.05. The van der Waals surface area contributed by atoms with Crippen molar-refractivity contribution in [2.45, 2.75) is 37.7 Å². The number of nitrogens with zero attached hydrogens (tertiary/aromatic N) is 2. The molecule has 36 heavy (non-hydrogen) atoms. The Morgan fingerprint density at radius 2 is 1.81 bits per heavy atom. The standard InChI is InChI=1S/C31H33IN2O2/c1-34(2)20-19-31(36-32,27-16-9-14-22-13-7-8-15-24(22)27)28-17-10-18-29-26(28)21-25(30(33-29)35-3)23-11-5-4-6-12-23/h5,8-12,14-18,21H,4,6-7,13,19-20H2,1-3H3. The van der Waals surface area contributed by atoms with Gasteiger partial charge in [-0.25, -0.2) is 4.98 Å². The van der Waals surface area contributed by atoms with Gasteiger partial charge in [-0.1, -0.05) is 60.7 Å². The number of halogens is 1. The molecule has 0 spiro atoms. The van der Waals surface area contributed by atoms with Crippen molar-refractivity contribution in [2.75, 3.05) is 27.7 Å². The molecule has 5 heteroatoms. The Hall–Kier alpha value is -2.48. The predicted molar refractivity (Wildman–Crippen MR) is 157 cm³/mol. The van der Waals surface area contributed by atoms with Gasteiger partial charge in [-0.2, -0.15) is 0 Å². The highest BCUT2D eigenvalue weighted by Crippen LogP contribution is 2.46. The highest BCUT2D eigenvalue weighted by molar-refractivity contribution is 14.1. The largest absolute Gasteiger partial charge is 0.481 e. The molecular weight excluding hydrogens is 559 g/mol. The Labute approximate surface area is 228 Å². The number of rotatable bonds is 8. The highest BCUT2D eigenvalue weighted by Gasteiger charge is 2.39. The molecule has 0 saturated carbocycles. The molecule has 1 unspecified atom stereocenters. The summed E-state index contributed by atoms with van der Waals surface area (Å²) in [5.41, 5.74) is 7.49. The van der Waals surface area contributed by atoms with Crippen LogP contribution in [0.25, 0.3) is 22.6 Å². The molecule has 0 amide bonds. The molecule has 0 radical (unpaired) electrons. The Morgan fingerprint density at radius 1 is 1.00 bits per heavy atom. The monoisotopic (exact) mass is 592 g/mol. The Balaban J connectivity index is 1.79. The number of fused-ring (bicyclic) bond motifs is 2. The van der Waals surface area contributed by atoms with Gasteiger partial charge >= 0.3 is 0 Å². The number of pyridine rings is 1. The van der Waals surface area contributed by atoms with Crippen molar-refractivity contribution in [1.29, 1.82) is 0 Å². The third-order valence-electron chi connectivity index (χ3n) is 7.30. The first-order valence-corrected chi connectivity index (χ1v) is 13.5. The van der Waals surface area contributed by atoms with Crippen LogP contribution in [0.2, 0.25) is 0 Å². The van der Waals surface area contributed by atoms with E-state index in [2.05, 4.69) is 115 Å². The second kappa shape index (κ2) is 10.9. The molecule has 1 aromatic heterocycles. The van der Waals surface area contributed by atoms with Crippen molar-refractivity contribution in [2.24, 2.45) is 0 Å². The lowest BCUT2D eigenvalue weighted by Crippen LogP contribution is -2.34. The van der Waals surface area contributed by atoms with Crippen LogP contribution in [0, 0.1) is 0 Å². The minimum absolute atomic E-state index is 0.637. The lowest BCUT2D eigenvalue weighted by Gasteiger charge is -2.36. The molecule has 0 aliphatic heterocycles. The summed E-state index contributed by atoms with van der Waals surface area (Å²) in [5, 5.41) is 1.10. The van der Waals surface area contributed by atoms with Gasteiger partial charge in [-0.3, -0.25) is 3.07 Å². The van der Waals surface area contributed by atoms with E-state index in [4.69, 9.17) is 12.8 Å². The van der Waals surface area contributed by atoms with E-state index in [0.29, 0.717) is 5.88 Å². The van der Waals surface area contributed by atoms with Crippen LogP contribution in [-0.2, 0) is 15.1 Å². The predicted octanol–water partition coefficient (Wildman–Crippen LogP) is 7.50. The summed E-state index contributed by atoms with van der Waals surface area (Å²) in [6.07, 6.45) is 16.3. The van der Waals surface area contributed by atoms with E-state index in [9.17, 15) is 0 Å². The van der Waals surface area contributed by atoms with E-state index in [1.807, 2.05) is 0 Å². The van der Waals surface area contributed by atoms with E-state index < -0.39 is 5.60 Å². The van der Waals surface area contributed by atoms with Crippen LogP contribution in [0.4, 0.5) is 0 Å². The van der Waals surface area contributed by atoms with Crippen molar-refractivity contribution in [3.63, 3.8) is 0 Å². The number of ether oxygens (including phenoxy) is 1. The molecule has 0 bridgehead atoms. The Kier molecular flexibility index (Phi) is 7.60. The number of hydrogen-bond acceptors (Lipinski definition) is 4. The lowest BCUT2D eigenvalue weighted by molar-refractivity contribution is 0.149. The van der Waals surface area contributed by atoms with Crippen LogP contribution >= 0.6 is 23.0 Å². The number of aromatic nitrogens is 1.